The van der Waals surface area contributed by atoms with Gasteiger partial charge in [-0.05, 0) is 18.9 Å². The van der Waals surface area contributed by atoms with Crippen LogP contribution in [0.1, 0.15) is 26.3 Å². The molecule has 0 saturated carbocycles. The Bertz CT molecular complexity index is 449. The van der Waals surface area contributed by atoms with Crippen LogP contribution in [-0.4, -0.2) is 25.6 Å². The Morgan fingerprint density at radius 2 is 2.05 bits per heavy atom. The minimum absolute atomic E-state index is 0.0763. The van der Waals surface area contributed by atoms with Crippen molar-refractivity contribution in [2.75, 3.05) is 13.7 Å². The number of methoxy groups -OCH3 is 1. The third kappa shape index (κ3) is 5.17. The van der Waals surface area contributed by atoms with Gasteiger partial charge in [-0.15, -0.1) is 0 Å². The fourth-order valence-corrected chi connectivity index (χ4v) is 1.61. The number of carbonyl (C=O) groups excluding carboxylic acids is 1. The number of carbonyl (C=O) groups is 1. The number of hydrogen-bond donors (Lipinski definition) is 2. The van der Waals surface area contributed by atoms with E-state index in [1.165, 1.54) is 13.2 Å². The first-order valence-corrected chi connectivity index (χ1v) is 6.77. The lowest BCUT2D eigenvalue weighted by Gasteiger charge is -2.15. The van der Waals surface area contributed by atoms with Gasteiger partial charge >= 0.3 is 0 Å². The lowest BCUT2D eigenvalue weighted by atomic mass is 10.2. The van der Waals surface area contributed by atoms with Gasteiger partial charge in [-0.1, -0.05) is 19.9 Å². The van der Waals surface area contributed by atoms with E-state index < -0.39 is 0 Å². The second-order valence-electron chi connectivity index (χ2n) is 5.20. The summed E-state index contributed by atoms with van der Waals surface area (Å²) < 4.78 is 18.7. The summed E-state index contributed by atoms with van der Waals surface area (Å²) in [6, 6.07) is 4.32. The Morgan fingerprint density at radius 1 is 1.35 bits per heavy atom. The molecule has 1 aromatic rings. The molecule has 2 N–H and O–H groups in total. The van der Waals surface area contributed by atoms with Crippen molar-refractivity contribution in [3.63, 3.8) is 0 Å². The molecule has 0 fully saturated rings. The maximum atomic E-state index is 13.7. The van der Waals surface area contributed by atoms with Crippen LogP contribution >= 0.6 is 0 Å². The molecule has 0 radical (unpaired) electrons. The van der Waals surface area contributed by atoms with Crippen LogP contribution in [0.15, 0.2) is 18.2 Å². The van der Waals surface area contributed by atoms with E-state index in [0.717, 1.165) is 0 Å². The van der Waals surface area contributed by atoms with Gasteiger partial charge in [0, 0.05) is 24.7 Å². The summed E-state index contributed by atoms with van der Waals surface area (Å²) in [5, 5.41) is 5.84. The standard InChI is InChI=1S/C15H23FN2O2/c1-10(2)8-18-15(19)11(3)17-9-12-5-6-13(20-4)7-14(12)16/h5-7,10-11,17H,8-9H2,1-4H3,(H,18,19). The summed E-state index contributed by atoms with van der Waals surface area (Å²) in [6.45, 7) is 6.77. The Kier molecular flexibility index (Phi) is 6.45. The highest BCUT2D eigenvalue weighted by Crippen LogP contribution is 2.16. The van der Waals surface area contributed by atoms with Crippen LogP contribution in [0.4, 0.5) is 4.39 Å². The van der Waals surface area contributed by atoms with Crippen molar-refractivity contribution in [1.29, 1.82) is 0 Å². The van der Waals surface area contributed by atoms with Gasteiger partial charge in [-0.25, -0.2) is 4.39 Å². The molecule has 0 aliphatic heterocycles. The molecule has 0 aliphatic carbocycles. The summed E-state index contributed by atoms with van der Waals surface area (Å²) >= 11 is 0. The van der Waals surface area contributed by atoms with Crippen LogP contribution in [-0.2, 0) is 11.3 Å². The molecule has 1 unspecified atom stereocenters. The number of amides is 1. The number of ether oxygens (including phenoxy) is 1. The zero-order chi connectivity index (χ0) is 15.1. The Hall–Kier alpha value is -1.62. The molecule has 1 amide bonds. The summed E-state index contributed by atoms with van der Waals surface area (Å²) in [5.41, 5.74) is 0.509. The third-order valence-electron chi connectivity index (χ3n) is 2.94. The Balaban J connectivity index is 2.48. The third-order valence-corrected chi connectivity index (χ3v) is 2.94. The predicted octanol–water partition coefficient (Wildman–Crippen LogP) is 2.08. The van der Waals surface area contributed by atoms with Gasteiger partial charge in [0.2, 0.25) is 5.91 Å². The van der Waals surface area contributed by atoms with Crippen LogP contribution in [0.2, 0.25) is 0 Å². The molecule has 0 aromatic heterocycles. The quantitative estimate of drug-likeness (QED) is 0.805. The van der Waals surface area contributed by atoms with E-state index in [1.807, 2.05) is 13.8 Å². The molecule has 0 bridgehead atoms. The molecular formula is C15H23FN2O2. The van der Waals surface area contributed by atoms with E-state index in [1.54, 1.807) is 19.1 Å². The second-order valence-corrected chi connectivity index (χ2v) is 5.20. The molecule has 1 atom stereocenters. The van der Waals surface area contributed by atoms with E-state index >= 15 is 0 Å². The number of benzene rings is 1. The highest BCUT2D eigenvalue weighted by molar-refractivity contribution is 5.81. The van der Waals surface area contributed by atoms with Crippen molar-refractivity contribution < 1.29 is 13.9 Å². The van der Waals surface area contributed by atoms with Crippen LogP contribution < -0.4 is 15.4 Å². The number of halogens is 1. The minimum atomic E-state index is -0.366. The van der Waals surface area contributed by atoms with E-state index in [-0.39, 0.29) is 17.8 Å². The maximum absolute atomic E-state index is 13.7. The van der Waals surface area contributed by atoms with Gasteiger partial charge in [0.15, 0.2) is 0 Å². The summed E-state index contributed by atoms with van der Waals surface area (Å²) in [5.74, 6) is 0.471. The zero-order valence-electron chi connectivity index (χ0n) is 12.5. The largest absolute Gasteiger partial charge is 0.497 e. The van der Waals surface area contributed by atoms with Gasteiger partial charge in [0.05, 0.1) is 13.2 Å². The predicted molar refractivity (Wildman–Crippen MR) is 77.1 cm³/mol. The summed E-state index contributed by atoms with van der Waals surface area (Å²) in [4.78, 5) is 11.8. The van der Waals surface area contributed by atoms with Gasteiger partial charge in [-0.3, -0.25) is 4.79 Å². The Labute approximate surface area is 119 Å². The minimum Gasteiger partial charge on any atom is -0.497 e. The molecule has 20 heavy (non-hydrogen) atoms. The lowest BCUT2D eigenvalue weighted by Crippen LogP contribution is -2.43. The molecule has 4 nitrogen and oxygen atoms in total. The number of nitrogens with one attached hydrogen (secondary N) is 2. The van der Waals surface area contributed by atoms with E-state index in [0.29, 0.717) is 30.3 Å². The average molecular weight is 282 g/mol. The topological polar surface area (TPSA) is 50.4 Å². The molecule has 112 valence electrons. The van der Waals surface area contributed by atoms with Gasteiger partial charge in [-0.2, -0.15) is 0 Å². The first-order valence-electron chi connectivity index (χ1n) is 6.77. The van der Waals surface area contributed by atoms with E-state index in [4.69, 9.17) is 4.74 Å². The smallest absolute Gasteiger partial charge is 0.236 e. The normalized spacial score (nSPS) is 12.3. The Morgan fingerprint density at radius 3 is 2.60 bits per heavy atom. The van der Waals surface area contributed by atoms with Crippen molar-refractivity contribution >= 4 is 5.91 Å². The first-order chi connectivity index (χ1) is 9.43. The molecule has 0 aliphatic rings. The molecular weight excluding hydrogens is 259 g/mol. The maximum Gasteiger partial charge on any atom is 0.236 e. The zero-order valence-corrected chi connectivity index (χ0v) is 12.5. The van der Waals surface area contributed by atoms with Crippen molar-refractivity contribution in [1.82, 2.24) is 10.6 Å². The monoisotopic (exact) mass is 282 g/mol. The fraction of sp³-hybridized carbons (Fsp3) is 0.533. The highest BCUT2D eigenvalue weighted by atomic mass is 19.1. The molecule has 1 rings (SSSR count). The van der Waals surface area contributed by atoms with Crippen LogP contribution in [0.5, 0.6) is 5.75 Å². The van der Waals surface area contributed by atoms with Gasteiger partial charge in [0.1, 0.15) is 11.6 Å². The average Bonchev–Trinajstić information content (AvgIpc) is 2.42. The van der Waals surface area contributed by atoms with Crippen molar-refractivity contribution in [3.05, 3.63) is 29.6 Å². The van der Waals surface area contributed by atoms with Crippen LogP contribution in [0.25, 0.3) is 0 Å². The second kappa shape index (κ2) is 7.85. The van der Waals surface area contributed by atoms with Gasteiger partial charge < -0.3 is 15.4 Å². The molecule has 0 saturated heterocycles. The summed E-state index contributed by atoms with van der Waals surface area (Å²) in [6.07, 6.45) is 0. The van der Waals surface area contributed by atoms with Crippen molar-refractivity contribution in [2.45, 2.75) is 33.4 Å². The summed E-state index contributed by atoms with van der Waals surface area (Å²) in [7, 11) is 1.49. The van der Waals surface area contributed by atoms with E-state index in [9.17, 15) is 9.18 Å². The highest BCUT2D eigenvalue weighted by Gasteiger charge is 2.13. The molecule has 5 heteroatoms. The van der Waals surface area contributed by atoms with E-state index in [2.05, 4.69) is 10.6 Å². The van der Waals surface area contributed by atoms with Crippen LogP contribution in [0.3, 0.4) is 0 Å². The van der Waals surface area contributed by atoms with Crippen molar-refractivity contribution in [3.8, 4) is 5.75 Å². The fourth-order valence-electron chi connectivity index (χ4n) is 1.61. The van der Waals surface area contributed by atoms with Crippen LogP contribution in [0, 0.1) is 11.7 Å². The molecule has 0 spiro atoms. The molecule has 0 heterocycles. The lowest BCUT2D eigenvalue weighted by molar-refractivity contribution is -0.122. The number of rotatable bonds is 7. The SMILES string of the molecule is COc1ccc(CNC(C)C(=O)NCC(C)C)c(F)c1. The van der Waals surface area contributed by atoms with Gasteiger partial charge in [0.25, 0.3) is 0 Å². The first kappa shape index (κ1) is 16.4. The number of hydrogen-bond acceptors (Lipinski definition) is 3. The van der Waals surface area contributed by atoms with Crippen molar-refractivity contribution in [2.24, 2.45) is 5.92 Å². The molecule has 1 aromatic carbocycles.